The highest BCUT2D eigenvalue weighted by molar-refractivity contribution is 7.09. The van der Waals surface area contributed by atoms with Crippen molar-refractivity contribution in [2.24, 2.45) is 11.7 Å². The first-order valence-corrected chi connectivity index (χ1v) is 4.35. The molecule has 1 aliphatic carbocycles. The Bertz CT molecular complexity index is 270. The molecule has 2 unspecified atom stereocenters. The minimum atomic E-state index is -0.190. The van der Waals surface area contributed by atoms with Gasteiger partial charge in [-0.05, 0) is 6.42 Å². The molecular formula is C7H8N2OS. The average molecular weight is 168 g/mol. The fourth-order valence-electron chi connectivity index (χ4n) is 1.20. The van der Waals surface area contributed by atoms with Gasteiger partial charge in [0.2, 0.25) is 5.91 Å². The first kappa shape index (κ1) is 6.79. The molecule has 3 nitrogen and oxygen atoms in total. The lowest BCUT2D eigenvalue weighted by atomic mass is 10.3. The van der Waals surface area contributed by atoms with E-state index in [2.05, 4.69) is 4.98 Å². The van der Waals surface area contributed by atoms with E-state index >= 15 is 0 Å². The van der Waals surface area contributed by atoms with Gasteiger partial charge in [0.25, 0.3) is 0 Å². The van der Waals surface area contributed by atoms with E-state index in [0.717, 1.165) is 11.4 Å². The number of carbonyl (C=O) groups is 1. The summed E-state index contributed by atoms with van der Waals surface area (Å²) in [6.07, 6.45) is 2.65. The standard InChI is InChI=1S/C7H8N2OS/c8-6(10)4-3-5(4)7-9-1-2-11-7/h1-2,4-5H,3H2,(H2,8,10). The van der Waals surface area contributed by atoms with Gasteiger partial charge in [0.15, 0.2) is 0 Å². The summed E-state index contributed by atoms with van der Waals surface area (Å²) >= 11 is 1.60. The number of aromatic nitrogens is 1. The van der Waals surface area contributed by atoms with Gasteiger partial charge >= 0.3 is 0 Å². The number of hydrogen-bond donors (Lipinski definition) is 1. The first-order chi connectivity index (χ1) is 5.29. The van der Waals surface area contributed by atoms with Gasteiger partial charge in [-0.2, -0.15) is 0 Å². The van der Waals surface area contributed by atoms with Gasteiger partial charge in [0, 0.05) is 23.4 Å². The van der Waals surface area contributed by atoms with E-state index in [0.29, 0.717) is 5.92 Å². The number of nitrogens with zero attached hydrogens (tertiary/aromatic N) is 1. The van der Waals surface area contributed by atoms with Crippen LogP contribution in [0.5, 0.6) is 0 Å². The summed E-state index contributed by atoms with van der Waals surface area (Å²) in [5, 5.41) is 2.97. The summed E-state index contributed by atoms with van der Waals surface area (Å²) in [5.41, 5.74) is 5.13. The second kappa shape index (κ2) is 2.30. The summed E-state index contributed by atoms with van der Waals surface area (Å²) in [5.74, 6) is 0.193. The van der Waals surface area contributed by atoms with Gasteiger partial charge in [-0.1, -0.05) is 0 Å². The van der Waals surface area contributed by atoms with E-state index in [1.165, 1.54) is 0 Å². The average Bonchev–Trinajstić information content (AvgIpc) is 2.60. The number of hydrogen-bond acceptors (Lipinski definition) is 3. The van der Waals surface area contributed by atoms with Crippen molar-refractivity contribution in [3.05, 3.63) is 16.6 Å². The molecule has 1 heterocycles. The molecule has 0 saturated heterocycles. The molecule has 0 aromatic carbocycles. The van der Waals surface area contributed by atoms with E-state index < -0.39 is 0 Å². The molecule has 1 fully saturated rings. The second-order valence-corrected chi connectivity index (χ2v) is 3.65. The lowest BCUT2D eigenvalue weighted by Gasteiger charge is -1.88. The highest BCUT2D eigenvalue weighted by Gasteiger charge is 2.44. The third kappa shape index (κ3) is 1.14. The largest absolute Gasteiger partial charge is 0.369 e. The molecule has 1 amide bonds. The van der Waals surface area contributed by atoms with Crippen molar-refractivity contribution in [2.75, 3.05) is 0 Å². The molecule has 4 heteroatoms. The molecule has 2 rings (SSSR count). The summed E-state index contributed by atoms with van der Waals surface area (Å²) < 4.78 is 0. The van der Waals surface area contributed by atoms with E-state index in [1.54, 1.807) is 17.5 Å². The molecule has 0 bridgehead atoms. The Morgan fingerprint density at radius 2 is 2.64 bits per heavy atom. The van der Waals surface area contributed by atoms with Crippen LogP contribution < -0.4 is 5.73 Å². The van der Waals surface area contributed by atoms with E-state index in [1.807, 2.05) is 5.38 Å². The Hall–Kier alpha value is -0.900. The minimum absolute atomic E-state index is 0.0566. The van der Waals surface area contributed by atoms with Crippen molar-refractivity contribution in [1.82, 2.24) is 4.98 Å². The zero-order chi connectivity index (χ0) is 7.84. The predicted molar refractivity (Wildman–Crippen MR) is 42.2 cm³/mol. The number of amides is 1. The summed E-state index contributed by atoms with van der Waals surface area (Å²) in [7, 11) is 0. The Morgan fingerprint density at radius 3 is 3.09 bits per heavy atom. The van der Waals surface area contributed by atoms with Crippen molar-refractivity contribution in [1.29, 1.82) is 0 Å². The fourth-order valence-corrected chi connectivity index (χ4v) is 2.02. The van der Waals surface area contributed by atoms with Crippen LogP contribution in [0.2, 0.25) is 0 Å². The molecule has 0 spiro atoms. The summed E-state index contributed by atoms with van der Waals surface area (Å²) in [6.45, 7) is 0. The van der Waals surface area contributed by atoms with Gasteiger partial charge in [-0.15, -0.1) is 11.3 Å². The van der Waals surface area contributed by atoms with Crippen LogP contribution in [0, 0.1) is 5.92 Å². The molecular weight excluding hydrogens is 160 g/mol. The molecule has 1 aromatic rings. The number of thiazole rings is 1. The van der Waals surface area contributed by atoms with Gasteiger partial charge in [0.05, 0.1) is 5.01 Å². The lowest BCUT2D eigenvalue weighted by molar-refractivity contribution is -0.119. The quantitative estimate of drug-likeness (QED) is 0.707. The maximum Gasteiger partial charge on any atom is 0.221 e. The molecule has 2 atom stereocenters. The molecule has 1 aliphatic rings. The second-order valence-electron chi connectivity index (χ2n) is 2.72. The van der Waals surface area contributed by atoms with Crippen LogP contribution in [0.3, 0.4) is 0 Å². The Kier molecular flexibility index (Phi) is 1.42. The lowest BCUT2D eigenvalue weighted by Crippen LogP contribution is -2.13. The third-order valence-electron chi connectivity index (χ3n) is 1.92. The SMILES string of the molecule is NC(=O)C1CC1c1nccs1. The van der Waals surface area contributed by atoms with Crippen molar-refractivity contribution in [3.63, 3.8) is 0 Å². The molecule has 0 radical (unpaired) electrons. The van der Waals surface area contributed by atoms with Crippen LogP contribution >= 0.6 is 11.3 Å². The number of nitrogens with two attached hydrogens (primary N) is 1. The van der Waals surface area contributed by atoms with Crippen LogP contribution in [0.15, 0.2) is 11.6 Å². The van der Waals surface area contributed by atoms with Gasteiger partial charge < -0.3 is 5.73 Å². The number of rotatable bonds is 2. The molecule has 2 N–H and O–H groups in total. The van der Waals surface area contributed by atoms with Crippen molar-refractivity contribution < 1.29 is 4.79 Å². The van der Waals surface area contributed by atoms with Crippen LogP contribution in [0.1, 0.15) is 17.3 Å². The van der Waals surface area contributed by atoms with E-state index in [4.69, 9.17) is 5.73 Å². The fraction of sp³-hybridized carbons (Fsp3) is 0.429. The first-order valence-electron chi connectivity index (χ1n) is 3.47. The van der Waals surface area contributed by atoms with Crippen molar-refractivity contribution in [3.8, 4) is 0 Å². The predicted octanol–water partition coefficient (Wildman–Crippen LogP) is 0.732. The maximum atomic E-state index is 10.7. The third-order valence-corrected chi connectivity index (χ3v) is 2.83. The van der Waals surface area contributed by atoms with E-state index in [-0.39, 0.29) is 11.8 Å². The highest BCUT2D eigenvalue weighted by atomic mass is 32.1. The summed E-state index contributed by atoms with van der Waals surface area (Å²) in [6, 6.07) is 0. The molecule has 1 aromatic heterocycles. The molecule has 0 aliphatic heterocycles. The zero-order valence-electron chi connectivity index (χ0n) is 5.86. The maximum absolute atomic E-state index is 10.7. The highest BCUT2D eigenvalue weighted by Crippen LogP contribution is 2.47. The van der Waals surface area contributed by atoms with Crippen LogP contribution in [-0.2, 0) is 4.79 Å². The van der Waals surface area contributed by atoms with Gasteiger partial charge in [-0.3, -0.25) is 4.79 Å². The van der Waals surface area contributed by atoms with Crippen molar-refractivity contribution >= 4 is 17.2 Å². The number of primary amides is 1. The van der Waals surface area contributed by atoms with Crippen LogP contribution in [-0.4, -0.2) is 10.9 Å². The summed E-state index contributed by atoms with van der Waals surface area (Å²) in [4.78, 5) is 14.8. The van der Waals surface area contributed by atoms with Crippen LogP contribution in [0.4, 0.5) is 0 Å². The van der Waals surface area contributed by atoms with Crippen LogP contribution in [0.25, 0.3) is 0 Å². The minimum Gasteiger partial charge on any atom is -0.369 e. The monoisotopic (exact) mass is 168 g/mol. The normalized spacial score (nSPS) is 28.4. The van der Waals surface area contributed by atoms with Gasteiger partial charge in [-0.25, -0.2) is 4.98 Å². The van der Waals surface area contributed by atoms with Crippen molar-refractivity contribution in [2.45, 2.75) is 12.3 Å². The molecule has 11 heavy (non-hydrogen) atoms. The zero-order valence-corrected chi connectivity index (χ0v) is 6.67. The Labute approximate surface area is 68.2 Å². The Balaban J connectivity index is 2.08. The number of carbonyl (C=O) groups excluding carboxylic acids is 1. The smallest absolute Gasteiger partial charge is 0.221 e. The molecule has 1 saturated carbocycles. The van der Waals surface area contributed by atoms with Gasteiger partial charge in [0.1, 0.15) is 0 Å². The Morgan fingerprint density at radius 1 is 1.82 bits per heavy atom. The topological polar surface area (TPSA) is 56.0 Å². The van der Waals surface area contributed by atoms with E-state index in [9.17, 15) is 4.79 Å². The molecule has 58 valence electrons.